The smallest absolute Gasteiger partial charge is 0.254 e. The molecule has 1 atom stereocenters. The zero-order valence-corrected chi connectivity index (χ0v) is 12.5. The molecule has 1 saturated heterocycles. The van der Waals surface area contributed by atoms with E-state index in [0.29, 0.717) is 17.8 Å². The van der Waals surface area contributed by atoms with Gasteiger partial charge in [0, 0.05) is 31.4 Å². The number of rotatable bonds is 4. The van der Waals surface area contributed by atoms with Gasteiger partial charge in [-0.15, -0.1) is 0 Å². The maximum Gasteiger partial charge on any atom is 0.254 e. The van der Waals surface area contributed by atoms with Gasteiger partial charge in [0.1, 0.15) is 5.82 Å². The topological polar surface area (TPSA) is 79.4 Å². The van der Waals surface area contributed by atoms with Crippen LogP contribution in [0.15, 0.2) is 18.3 Å². The molecule has 20 heavy (non-hydrogen) atoms. The lowest BCUT2D eigenvalue weighted by Gasteiger charge is -2.23. The minimum Gasteiger partial charge on any atom is -0.370 e. The lowest BCUT2D eigenvalue weighted by Crippen LogP contribution is -2.37. The summed E-state index contributed by atoms with van der Waals surface area (Å²) in [5.74, 6) is 0.689. The number of amides is 1. The second-order valence-electron chi connectivity index (χ2n) is 4.93. The van der Waals surface area contributed by atoms with Gasteiger partial charge in [-0.25, -0.2) is 13.4 Å². The van der Waals surface area contributed by atoms with Crippen molar-refractivity contribution in [1.29, 1.82) is 0 Å². The first-order chi connectivity index (χ1) is 9.43. The van der Waals surface area contributed by atoms with Crippen LogP contribution in [0, 0.1) is 0 Å². The molecule has 1 aromatic rings. The quantitative estimate of drug-likeness (QED) is 0.888. The highest BCUT2D eigenvalue weighted by molar-refractivity contribution is 7.91. The zero-order chi connectivity index (χ0) is 14.8. The Kier molecular flexibility index (Phi) is 4.27. The first-order valence-corrected chi connectivity index (χ1v) is 8.42. The van der Waals surface area contributed by atoms with E-state index in [1.165, 1.54) is 4.90 Å². The van der Waals surface area contributed by atoms with Gasteiger partial charge in [-0.2, -0.15) is 0 Å². The summed E-state index contributed by atoms with van der Waals surface area (Å²) in [6, 6.07) is 3.10. The van der Waals surface area contributed by atoms with E-state index < -0.39 is 9.84 Å². The van der Waals surface area contributed by atoms with E-state index in [2.05, 4.69) is 10.3 Å². The highest BCUT2D eigenvalue weighted by Crippen LogP contribution is 2.19. The summed E-state index contributed by atoms with van der Waals surface area (Å²) in [4.78, 5) is 18.0. The van der Waals surface area contributed by atoms with Crippen LogP contribution in [0.2, 0.25) is 0 Å². The lowest BCUT2D eigenvalue weighted by atomic mass is 10.2. The van der Waals surface area contributed by atoms with Crippen molar-refractivity contribution in [2.45, 2.75) is 19.4 Å². The molecule has 6 nitrogen and oxygen atoms in total. The van der Waals surface area contributed by atoms with Crippen LogP contribution in [0.3, 0.4) is 0 Å². The largest absolute Gasteiger partial charge is 0.370 e. The minimum atomic E-state index is -2.99. The van der Waals surface area contributed by atoms with Crippen LogP contribution in [0.1, 0.15) is 23.7 Å². The molecule has 1 unspecified atom stereocenters. The number of anilines is 1. The molecule has 2 heterocycles. The van der Waals surface area contributed by atoms with Crippen molar-refractivity contribution in [3.05, 3.63) is 23.9 Å². The molecule has 2 rings (SSSR count). The number of carbonyl (C=O) groups excluding carboxylic acids is 1. The van der Waals surface area contributed by atoms with Crippen molar-refractivity contribution < 1.29 is 13.2 Å². The number of sulfone groups is 1. The summed E-state index contributed by atoms with van der Waals surface area (Å²) in [6.07, 6.45) is 2.08. The normalized spacial score (nSPS) is 20.6. The van der Waals surface area contributed by atoms with E-state index in [9.17, 15) is 13.2 Å². The van der Waals surface area contributed by atoms with E-state index in [1.807, 2.05) is 6.92 Å². The Labute approximate surface area is 119 Å². The molecule has 0 aliphatic carbocycles. The van der Waals surface area contributed by atoms with E-state index >= 15 is 0 Å². The molecule has 0 radical (unpaired) electrons. The van der Waals surface area contributed by atoms with Crippen LogP contribution in [-0.2, 0) is 9.84 Å². The number of hydrogen-bond acceptors (Lipinski definition) is 5. The Bertz CT molecular complexity index is 601. The SMILES string of the molecule is CCNc1cc(C(=O)N(C)C2CCS(=O)(=O)C2)ccn1. The molecular formula is C13H19N3O3S. The van der Waals surface area contributed by atoms with Crippen LogP contribution in [0.5, 0.6) is 0 Å². The molecule has 1 amide bonds. The van der Waals surface area contributed by atoms with Gasteiger partial charge < -0.3 is 10.2 Å². The maximum absolute atomic E-state index is 12.4. The Morgan fingerprint density at radius 1 is 1.55 bits per heavy atom. The van der Waals surface area contributed by atoms with Gasteiger partial charge in [0.25, 0.3) is 5.91 Å². The van der Waals surface area contributed by atoms with Gasteiger partial charge >= 0.3 is 0 Å². The number of carbonyl (C=O) groups is 1. The van der Waals surface area contributed by atoms with Gasteiger partial charge in [-0.1, -0.05) is 0 Å². The molecule has 1 aliphatic rings. The Hall–Kier alpha value is -1.63. The van der Waals surface area contributed by atoms with Gasteiger partial charge in [0.2, 0.25) is 0 Å². The number of pyridine rings is 1. The monoisotopic (exact) mass is 297 g/mol. The van der Waals surface area contributed by atoms with E-state index in [-0.39, 0.29) is 23.5 Å². The molecular weight excluding hydrogens is 278 g/mol. The Morgan fingerprint density at radius 2 is 2.30 bits per heavy atom. The van der Waals surface area contributed by atoms with Crippen molar-refractivity contribution in [2.24, 2.45) is 0 Å². The average molecular weight is 297 g/mol. The summed E-state index contributed by atoms with van der Waals surface area (Å²) in [5.41, 5.74) is 0.516. The van der Waals surface area contributed by atoms with Crippen molar-refractivity contribution >= 4 is 21.6 Å². The van der Waals surface area contributed by atoms with Gasteiger partial charge in [-0.05, 0) is 25.5 Å². The fraction of sp³-hybridized carbons (Fsp3) is 0.538. The molecule has 0 spiro atoms. The van der Waals surface area contributed by atoms with E-state index in [4.69, 9.17) is 0 Å². The third kappa shape index (κ3) is 3.27. The standard InChI is InChI=1S/C13H19N3O3S/c1-3-14-12-8-10(4-6-15-12)13(17)16(2)11-5-7-20(18,19)9-11/h4,6,8,11H,3,5,7,9H2,1-2H3,(H,14,15). The van der Waals surface area contributed by atoms with Crippen molar-refractivity contribution in [3.8, 4) is 0 Å². The molecule has 1 aliphatic heterocycles. The fourth-order valence-corrected chi connectivity index (χ4v) is 4.07. The lowest BCUT2D eigenvalue weighted by molar-refractivity contribution is 0.0747. The molecule has 0 saturated carbocycles. The third-order valence-corrected chi connectivity index (χ3v) is 5.19. The zero-order valence-electron chi connectivity index (χ0n) is 11.7. The van der Waals surface area contributed by atoms with Gasteiger partial charge in [-0.3, -0.25) is 4.79 Å². The van der Waals surface area contributed by atoms with E-state index in [1.54, 1.807) is 25.4 Å². The Balaban J connectivity index is 2.12. The highest BCUT2D eigenvalue weighted by Gasteiger charge is 2.33. The van der Waals surface area contributed by atoms with Crippen LogP contribution in [0.25, 0.3) is 0 Å². The number of nitrogens with zero attached hydrogens (tertiary/aromatic N) is 2. The predicted octanol–water partition coefficient (Wildman–Crippen LogP) is 0.772. The minimum absolute atomic E-state index is 0.0559. The predicted molar refractivity (Wildman–Crippen MR) is 77.6 cm³/mol. The number of nitrogens with one attached hydrogen (secondary N) is 1. The molecule has 0 bridgehead atoms. The molecule has 110 valence electrons. The average Bonchev–Trinajstić information content (AvgIpc) is 2.78. The number of hydrogen-bond donors (Lipinski definition) is 1. The van der Waals surface area contributed by atoms with Crippen molar-refractivity contribution in [2.75, 3.05) is 30.4 Å². The summed E-state index contributed by atoms with van der Waals surface area (Å²) < 4.78 is 23.0. The van der Waals surface area contributed by atoms with Gasteiger partial charge in [0.05, 0.1) is 11.5 Å². The molecule has 0 aromatic carbocycles. The second kappa shape index (κ2) is 5.78. The molecule has 1 aromatic heterocycles. The number of aromatic nitrogens is 1. The summed E-state index contributed by atoms with van der Waals surface area (Å²) in [7, 11) is -1.34. The summed E-state index contributed by atoms with van der Waals surface area (Å²) in [5, 5.41) is 3.05. The van der Waals surface area contributed by atoms with Crippen LogP contribution in [-0.4, -0.2) is 55.3 Å². The summed E-state index contributed by atoms with van der Waals surface area (Å²) >= 11 is 0. The molecule has 1 N–H and O–H groups in total. The summed E-state index contributed by atoms with van der Waals surface area (Å²) in [6.45, 7) is 2.67. The first-order valence-electron chi connectivity index (χ1n) is 6.60. The molecule has 7 heteroatoms. The van der Waals surface area contributed by atoms with Gasteiger partial charge in [0.15, 0.2) is 9.84 Å². The fourth-order valence-electron chi connectivity index (χ4n) is 2.29. The van der Waals surface area contributed by atoms with Crippen molar-refractivity contribution in [1.82, 2.24) is 9.88 Å². The van der Waals surface area contributed by atoms with E-state index in [0.717, 1.165) is 6.54 Å². The Morgan fingerprint density at radius 3 is 2.90 bits per heavy atom. The maximum atomic E-state index is 12.4. The molecule has 1 fully saturated rings. The first kappa shape index (κ1) is 14.8. The van der Waals surface area contributed by atoms with Crippen LogP contribution >= 0.6 is 0 Å². The van der Waals surface area contributed by atoms with Crippen LogP contribution < -0.4 is 5.32 Å². The van der Waals surface area contributed by atoms with Crippen molar-refractivity contribution in [3.63, 3.8) is 0 Å². The highest BCUT2D eigenvalue weighted by atomic mass is 32.2. The third-order valence-electron chi connectivity index (χ3n) is 3.44. The van der Waals surface area contributed by atoms with Crippen LogP contribution in [0.4, 0.5) is 5.82 Å². The second-order valence-corrected chi connectivity index (χ2v) is 7.16.